The van der Waals surface area contributed by atoms with Crippen molar-refractivity contribution in [2.45, 2.75) is 5.92 Å². The molecule has 0 aromatic heterocycles. The molecule has 2 N–H and O–H groups in total. The number of methoxy groups -OCH3 is 1. The number of rotatable bonds is 8. The van der Waals surface area contributed by atoms with Crippen LogP contribution in [-0.4, -0.2) is 32.3 Å². The molecule has 0 saturated carbocycles. The standard InChI is InChI=1S/C20H19BrN2O6/c1-4-6-27-19(24)13(10-22)15-12-8-11(21)9-14(26-3)17(12)29-18(23)16(15)20(25)28-7-5-2/h4-5,8-9,13,15H,1-2,6-7,23H2,3H3/t13-,15+/m0/s1. The molecule has 2 atom stereocenters. The largest absolute Gasteiger partial charge is 0.493 e. The first kappa shape index (κ1) is 22.0. The van der Waals surface area contributed by atoms with Crippen molar-refractivity contribution >= 4 is 27.9 Å². The monoisotopic (exact) mass is 462 g/mol. The summed E-state index contributed by atoms with van der Waals surface area (Å²) in [5, 5.41) is 9.74. The zero-order valence-corrected chi connectivity index (χ0v) is 17.2. The van der Waals surface area contributed by atoms with Crippen molar-refractivity contribution in [1.29, 1.82) is 5.26 Å². The lowest BCUT2D eigenvalue weighted by molar-refractivity contribution is -0.146. The van der Waals surface area contributed by atoms with Crippen molar-refractivity contribution in [3.63, 3.8) is 0 Å². The summed E-state index contributed by atoms with van der Waals surface area (Å²) in [5.41, 5.74) is 6.18. The third kappa shape index (κ3) is 4.60. The van der Waals surface area contributed by atoms with Gasteiger partial charge in [0, 0.05) is 10.0 Å². The second-order valence-corrected chi connectivity index (χ2v) is 6.71. The number of halogens is 1. The predicted molar refractivity (Wildman–Crippen MR) is 107 cm³/mol. The van der Waals surface area contributed by atoms with E-state index in [4.69, 9.17) is 24.7 Å². The van der Waals surface area contributed by atoms with Gasteiger partial charge in [0.25, 0.3) is 0 Å². The highest BCUT2D eigenvalue weighted by atomic mass is 79.9. The molecule has 0 spiro atoms. The van der Waals surface area contributed by atoms with Gasteiger partial charge in [0.2, 0.25) is 5.88 Å². The normalized spacial score (nSPS) is 15.8. The first-order valence-electron chi connectivity index (χ1n) is 8.39. The Balaban J connectivity index is 2.67. The number of nitrogens with two attached hydrogens (primary N) is 1. The second kappa shape index (κ2) is 9.80. The number of fused-ring (bicyclic) bond motifs is 1. The third-order valence-corrected chi connectivity index (χ3v) is 4.47. The molecule has 2 rings (SSSR count). The van der Waals surface area contributed by atoms with Gasteiger partial charge in [-0.1, -0.05) is 41.2 Å². The van der Waals surface area contributed by atoms with Crippen molar-refractivity contribution in [2.75, 3.05) is 20.3 Å². The zero-order valence-electron chi connectivity index (χ0n) is 15.6. The summed E-state index contributed by atoms with van der Waals surface area (Å²) in [7, 11) is 1.42. The number of carbonyl (C=O) groups is 2. The zero-order chi connectivity index (χ0) is 21.6. The van der Waals surface area contributed by atoms with E-state index in [1.165, 1.54) is 19.3 Å². The van der Waals surface area contributed by atoms with Crippen LogP contribution in [0.4, 0.5) is 0 Å². The Bertz CT molecular complexity index is 918. The average molecular weight is 463 g/mol. The first-order valence-corrected chi connectivity index (χ1v) is 9.18. The lowest BCUT2D eigenvalue weighted by Crippen LogP contribution is -2.34. The molecule has 8 nitrogen and oxygen atoms in total. The highest BCUT2D eigenvalue weighted by Crippen LogP contribution is 2.48. The lowest BCUT2D eigenvalue weighted by Gasteiger charge is -2.30. The van der Waals surface area contributed by atoms with Gasteiger partial charge in [0.15, 0.2) is 17.4 Å². The Hall–Kier alpha value is -3.25. The number of nitrogens with zero attached hydrogens (tertiary/aromatic N) is 1. The number of benzene rings is 1. The predicted octanol–water partition coefficient (Wildman–Crippen LogP) is 2.70. The van der Waals surface area contributed by atoms with Gasteiger partial charge in [-0.05, 0) is 12.1 Å². The Labute approximate surface area is 176 Å². The van der Waals surface area contributed by atoms with Gasteiger partial charge < -0.3 is 24.7 Å². The van der Waals surface area contributed by atoms with Crippen LogP contribution in [0, 0.1) is 17.2 Å². The molecule has 0 bridgehead atoms. The van der Waals surface area contributed by atoms with Gasteiger partial charge in [-0.25, -0.2) is 4.79 Å². The molecule has 0 unspecified atom stereocenters. The van der Waals surface area contributed by atoms with Gasteiger partial charge in [-0.3, -0.25) is 4.79 Å². The van der Waals surface area contributed by atoms with Crippen LogP contribution in [0.15, 0.2) is 53.4 Å². The van der Waals surface area contributed by atoms with Gasteiger partial charge in [-0.2, -0.15) is 5.26 Å². The number of esters is 2. The minimum Gasteiger partial charge on any atom is -0.493 e. The summed E-state index contributed by atoms with van der Waals surface area (Å²) in [4.78, 5) is 25.2. The van der Waals surface area contributed by atoms with E-state index in [-0.39, 0.29) is 30.4 Å². The van der Waals surface area contributed by atoms with Crippen LogP contribution in [0.2, 0.25) is 0 Å². The molecule has 152 valence electrons. The van der Waals surface area contributed by atoms with Crippen LogP contribution in [0.5, 0.6) is 11.5 Å². The Kier molecular flexibility index (Phi) is 7.45. The molecule has 1 aromatic rings. The van der Waals surface area contributed by atoms with Gasteiger partial charge in [0.05, 0.1) is 19.1 Å². The minimum absolute atomic E-state index is 0.0882. The maximum absolute atomic E-state index is 12.7. The summed E-state index contributed by atoms with van der Waals surface area (Å²) in [6, 6.07) is 5.14. The highest BCUT2D eigenvalue weighted by molar-refractivity contribution is 9.10. The summed E-state index contributed by atoms with van der Waals surface area (Å²) < 4.78 is 21.7. The fourth-order valence-corrected chi connectivity index (χ4v) is 3.29. The number of hydrogen-bond acceptors (Lipinski definition) is 8. The second-order valence-electron chi connectivity index (χ2n) is 5.80. The highest BCUT2D eigenvalue weighted by Gasteiger charge is 2.44. The van der Waals surface area contributed by atoms with E-state index < -0.39 is 23.8 Å². The van der Waals surface area contributed by atoms with E-state index in [1.54, 1.807) is 12.1 Å². The first-order chi connectivity index (χ1) is 13.9. The van der Waals surface area contributed by atoms with E-state index in [0.717, 1.165) is 0 Å². The van der Waals surface area contributed by atoms with Crippen LogP contribution in [0.3, 0.4) is 0 Å². The topological polar surface area (TPSA) is 121 Å². The molecule has 1 heterocycles. The Morgan fingerprint density at radius 2 is 2.00 bits per heavy atom. The van der Waals surface area contributed by atoms with E-state index in [0.29, 0.717) is 15.8 Å². The van der Waals surface area contributed by atoms with Gasteiger partial charge in [-0.15, -0.1) is 0 Å². The Morgan fingerprint density at radius 1 is 1.34 bits per heavy atom. The smallest absolute Gasteiger partial charge is 0.340 e. The molecule has 1 aliphatic heterocycles. The van der Waals surface area contributed by atoms with Crippen molar-refractivity contribution in [2.24, 2.45) is 11.7 Å². The molecule has 0 aliphatic carbocycles. The molecule has 1 aliphatic rings. The lowest BCUT2D eigenvalue weighted by atomic mass is 9.79. The molecule has 29 heavy (non-hydrogen) atoms. The Morgan fingerprint density at radius 3 is 2.59 bits per heavy atom. The molecule has 1 aromatic carbocycles. The molecular weight excluding hydrogens is 444 g/mol. The SMILES string of the molecule is C=CCOC(=O)C1=C(N)Oc2c(OC)cc(Br)cc2[C@@H]1[C@H](C#N)C(=O)OCC=C. The van der Waals surface area contributed by atoms with Crippen LogP contribution in [0.25, 0.3) is 0 Å². The average Bonchev–Trinajstić information content (AvgIpc) is 2.70. The van der Waals surface area contributed by atoms with Gasteiger partial charge in [0.1, 0.15) is 18.8 Å². The summed E-state index contributed by atoms with van der Waals surface area (Å²) in [6.07, 6.45) is 2.74. The fourth-order valence-electron chi connectivity index (χ4n) is 2.83. The summed E-state index contributed by atoms with van der Waals surface area (Å²) >= 11 is 3.35. The maximum Gasteiger partial charge on any atom is 0.340 e. The molecule has 9 heteroatoms. The maximum atomic E-state index is 12.7. The van der Waals surface area contributed by atoms with Crippen molar-refractivity contribution < 1.29 is 28.5 Å². The summed E-state index contributed by atoms with van der Waals surface area (Å²) in [6.45, 7) is 6.78. The number of nitriles is 1. The van der Waals surface area contributed by atoms with E-state index in [1.807, 2.05) is 6.07 Å². The van der Waals surface area contributed by atoms with E-state index in [9.17, 15) is 14.9 Å². The van der Waals surface area contributed by atoms with Crippen LogP contribution in [0.1, 0.15) is 11.5 Å². The van der Waals surface area contributed by atoms with E-state index >= 15 is 0 Å². The summed E-state index contributed by atoms with van der Waals surface area (Å²) in [5.74, 6) is -3.99. The van der Waals surface area contributed by atoms with Crippen molar-refractivity contribution in [3.05, 3.63) is 58.9 Å². The number of ether oxygens (including phenoxy) is 4. The number of carbonyl (C=O) groups excluding carboxylic acids is 2. The number of hydrogen-bond donors (Lipinski definition) is 1. The van der Waals surface area contributed by atoms with Gasteiger partial charge >= 0.3 is 11.9 Å². The molecular formula is C20H19BrN2O6. The fraction of sp³-hybridized carbons (Fsp3) is 0.250. The quantitative estimate of drug-likeness (QED) is 0.462. The molecule has 0 radical (unpaired) electrons. The van der Waals surface area contributed by atoms with Crippen molar-refractivity contribution in [1.82, 2.24) is 0 Å². The molecule has 0 saturated heterocycles. The third-order valence-electron chi connectivity index (χ3n) is 4.01. The molecule has 0 fully saturated rings. The van der Waals surface area contributed by atoms with Crippen LogP contribution in [-0.2, 0) is 19.1 Å². The van der Waals surface area contributed by atoms with Crippen molar-refractivity contribution in [3.8, 4) is 17.6 Å². The minimum atomic E-state index is -1.40. The van der Waals surface area contributed by atoms with E-state index in [2.05, 4.69) is 29.1 Å². The molecule has 0 amide bonds. The van der Waals surface area contributed by atoms with Crippen LogP contribution >= 0.6 is 15.9 Å². The van der Waals surface area contributed by atoms with Crippen LogP contribution < -0.4 is 15.2 Å².